The molecule has 1 heterocycles. The maximum absolute atomic E-state index is 13.9. The number of hydrogen-bond acceptors (Lipinski definition) is 5. The fraction of sp³-hybridized carbons (Fsp3) is 0.538. The van der Waals surface area contributed by atoms with Crippen LogP contribution in [0.25, 0.3) is 0 Å². The molecule has 1 aromatic carbocycles. The summed E-state index contributed by atoms with van der Waals surface area (Å²) < 4.78 is 38.5. The van der Waals surface area contributed by atoms with Crippen LogP contribution in [0.1, 0.15) is 5.56 Å². The first kappa shape index (κ1) is 16.3. The summed E-state index contributed by atoms with van der Waals surface area (Å²) in [5.74, 6) is -0.739. The maximum Gasteiger partial charge on any atom is 0.256 e. The van der Waals surface area contributed by atoms with Gasteiger partial charge < -0.3 is 10.2 Å². The number of nitrogens with one attached hydrogen (secondary N) is 2. The number of piperazine rings is 1. The van der Waals surface area contributed by atoms with E-state index >= 15 is 0 Å². The predicted octanol–water partition coefficient (Wildman–Crippen LogP) is -0.0142. The smallest absolute Gasteiger partial charge is 0.256 e. The molecule has 1 fully saturated rings. The molecule has 2 rings (SSSR count). The average Bonchev–Trinajstić information content (AvgIpc) is 2.43. The molecule has 6 nitrogen and oxygen atoms in total. The van der Waals surface area contributed by atoms with Gasteiger partial charge in [0, 0.05) is 32.7 Å². The molecular weight excluding hydrogens is 295 g/mol. The highest BCUT2D eigenvalue weighted by Gasteiger charge is 2.24. The Morgan fingerprint density at radius 1 is 1.24 bits per heavy atom. The number of rotatable bonds is 5. The molecule has 1 saturated heterocycles. The summed E-state index contributed by atoms with van der Waals surface area (Å²) in [5, 5.41) is 4.53. The van der Waals surface area contributed by atoms with Crippen molar-refractivity contribution >= 4 is 10.0 Å². The Morgan fingerprint density at radius 2 is 1.90 bits per heavy atom. The normalized spacial score (nSPS) is 18.0. The Hall–Kier alpha value is -1.06. The Labute approximate surface area is 124 Å². The SMILES string of the molecule is CNCc1ccc(F)c(S(=O)(=O)NN2CCN(C)CC2)c1. The number of sulfonamides is 1. The van der Waals surface area contributed by atoms with Gasteiger partial charge in [-0.2, -0.15) is 0 Å². The van der Waals surface area contributed by atoms with Crippen LogP contribution in [-0.2, 0) is 16.6 Å². The molecule has 1 aliphatic heterocycles. The summed E-state index contributed by atoms with van der Waals surface area (Å²) in [6, 6.07) is 4.12. The number of nitrogens with zero attached hydrogens (tertiary/aromatic N) is 2. The zero-order valence-corrected chi connectivity index (χ0v) is 13.1. The number of halogens is 1. The van der Waals surface area contributed by atoms with Crippen molar-refractivity contribution in [3.05, 3.63) is 29.6 Å². The van der Waals surface area contributed by atoms with E-state index in [4.69, 9.17) is 0 Å². The minimum Gasteiger partial charge on any atom is -0.316 e. The van der Waals surface area contributed by atoms with Crippen LogP contribution in [0.2, 0.25) is 0 Å². The predicted molar refractivity (Wildman–Crippen MR) is 78.6 cm³/mol. The number of benzene rings is 1. The molecule has 0 saturated carbocycles. The minimum atomic E-state index is -3.89. The van der Waals surface area contributed by atoms with E-state index in [1.54, 1.807) is 18.1 Å². The van der Waals surface area contributed by atoms with Crippen molar-refractivity contribution < 1.29 is 12.8 Å². The third kappa shape index (κ3) is 4.21. The first-order chi connectivity index (χ1) is 9.92. The van der Waals surface area contributed by atoms with Crippen molar-refractivity contribution in [2.45, 2.75) is 11.4 Å². The maximum atomic E-state index is 13.9. The molecule has 2 N–H and O–H groups in total. The second-order valence-electron chi connectivity index (χ2n) is 5.18. The first-order valence-electron chi connectivity index (χ1n) is 6.81. The lowest BCUT2D eigenvalue weighted by Crippen LogP contribution is -2.52. The van der Waals surface area contributed by atoms with Gasteiger partial charge in [0.25, 0.3) is 10.0 Å². The molecule has 1 aromatic rings. The van der Waals surface area contributed by atoms with Gasteiger partial charge in [0.05, 0.1) is 0 Å². The van der Waals surface area contributed by atoms with Crippen LogP contribution in [0.5, 0.6) is 0 Å². The third-order valence-electron chi connectivity index (χ3n) is 3.42. The Morgan fingerprint density at radius 3 is 2.52 bits per heavy atom. The van der Waals surface area contributed by atoms with E-state index in [9.17, 15) is 12.8 Å². The topological polar surface area (TPSA) is 64.7 Å². The summed E-state index contributed by atoms with van der Waals surface area (Å²) in [7, 11) is -0.165. The molecule has 0 bridgehead atoms. The van der Waals surface area contributed by atoms with Crippen molar-refractivity contribution in [2.24, 2.45) is 0 Å². The molecule has 8 heteroatoms. The van der Waals surface area contributed by atoms with Gasteiger partial charge in [-0.25, -0.2) is 17.8 Å². The monoisotopic (exact) mass is 316 g/mol. The van der Waals surface area contributed by atoms with Crippen molar-refractivity contribution in [3.8, 4) is 0 Å². The van der Waals surface area contributed by atoms with E-state index in [0.717, 1.165) is 18.7 Å². The van der Waals surface area contributed by atoms with E-state index < -0.39 is 15.8 Å². The van der Waals surface area contributed by atoms with Crippen LogP contribution >= 0.6 is 0 Å². The first-order valence-corrected chi connectivity index (χ1v) is 8.29. The van der Waals surface area contributed by atoms with Gasteiger partial charge in [-0.3, -0.25) is 0 Å². The summed E-state index contributed by atoms with van der Waals surface area (Å²) in [4.78, 5) is 4.26. The van der Waals surface area contributed by atoms with Crippen LogP contribution in [0.4, 0.5) is 4.39 Å². The van der Waals surface area contributed by atoms with Gasteiger partial charge in [0.2, 0.25) is 0 Å². The molecule has 118 valence electrons. The molecule has 1 aliphatic rings. The van der Waals surface area contributed by atoms with Crippen molar-refractivity contribution in [2.75, 3.05) is 40.3 Å². The molecule has 0 atom stereocenters. The fourth-order valence-electron chi connectivity index (χ4n) is 2.18. The number of hydrazine groups is 1. The standard InChI is InChI=1S/C13H21FN4O2S/c1-15-10-11-3-4-12(14)13(9-11)21(19,20)16-18-7-5-17(2)6-8-18/h3-4,9,15-16H,5-8,10H2,1-2H3. The molecule has 0 spiro atoms. The average molecular weight is 316 g/mol. The minimum absolute atomic E-state index is 0.311. The van der Waals surface area contributed by atoms with Crippen LogP contribution in [0.3, 0.4) is 0 Å². The molecule has 0 aliphatic carbocycles. The molecule has 0 amide bonds. The van der Waals surface area contributed by atoms with Crippen molar-refractivity contribution in [1.82, 2.24) is 20.1 Å². The Balaban J connectivity index is 2.17. The van der Waals surface area contributed by atoms with E-state index in [1.165, 1.54) is 12.1 Å². The molecular formula is C13H21FN4O2S. The second-order valence-corrected chi connectivity index (χ2v) is 6.81. The lowest BCUT2D eigenvalue weighted by molar-refractivity contribution is 0.134. The van der Waals surface area contributed by atoms with Gasteiger partial charge in [0.15, 0.2) is 0 Å². The van der Waals surface area contributed by atoms with Gasteiger partial charge in [-0.1, -0.05) is 6.07 Å². The summed E-state index contributed by atoms with van der Waals surface area (Å²) in [6.45, 7) is 3.17. The van der Waals surface area contributed by atoms with Crippen LogP contribution in [0.15, 0.2) is 23.1 Å². The van der Waals surface area contributed by atoms with E-state index in [1.807, 2.05) is 7.05 Å². The van der Waals surface area contributed by atoms with E-state index in [-0.39, 0.29) is 4.90 Å². The Bertz CT molecular complexity index is 586. The number of likely N-dealkylation sites (N-methyl/N-ethyl adjacent to an activating group) is 1. The van der Waals surface area contributed by atoms with E-state index in [0.29, 0.717) is 19.6 Å². The Kier molecular flexibility index (Phi) is 5.28. The van der Waals surface area contributed by atoms with Gasteiger partial charge in [0.1, 0.15) is 10.7 Å². The molecule has 21 heavy (non-hydrogen) atoms. The molecule has 0 radical (unpaired) electrons. The highest BCUT2D eigenvalue weighted by Crippen LogP contribution is 2.17. The highest BCUT2D eigenvalue weighted by molar-refractivity contribution is 7.89. The largest absolute Gasteiger partial charge is 0.316 e. The van der Waals surface area contributed by atoms with Crippen molar-refractivity contribution in [3.63, 3.8) is 0 Å². The number of hydrogen-bond donors (Lipinski definition) is 2. The third-order valence-corrected chi connectivity index (χ3v) is 4.81. The summed E-state index contributed by atoms with van der Waals surface area (Å²) >= 11 is 0. The van der Waals surface area contributed by atoms with Crippen LogP contribution < -0.4 is 10.1 Å². The zero-order chi connectivity index (χ0) is 15.5. The van der Waals surface area contributed by atoms with Crippen LogP contribution in [-0.4, -0.2) is 58.6 Å². The fourth-order valence-corrected chi connectivity index (χ4v) is 3.44. The van der Waals surface area contributed by atoms with Crippen molar-refractivity contribution in [1.29, 1.82) is 0 Å². The quantitative estimate of drug-likeness (QED) is 0.800. The lowest BCUT2D eigenvalue weighted by atomic mass is 10.2. The summed E-state index contributed by atoms with van der Waals surface area (Å²) in [6.07, 6.45) is 0. The van der Waals surface area contributed by atoms with Gasteiger partial charge in [-0.05, 0) is 31.8 Å². The van der Waals surface area contributed by atoms with E-state index in [2.05, 4.69) is 15.0 Å². The molecule has 0 aromatic heterocycles. The lowest BCUT2D eigenvalue weighted by Gasteiger charge is -2.32. The highest BCUT2D eigenvalue weighted by atomic mass is 32.2. The van der Waals surface area contributed by atoms with Crippen LogP contribution in [0, 0.1) is 5.82 Å². The second kappa shape index (κ2) is 6.80. The molecule has 0 unspecified atom stereocenters. The summed E-state index contributed by atoms with van der Waals surface area (Å²) in [5.41, 5.74) is 0.720. The zero-order valence-electron chi connectivity index (χ0n) is 12.3. The van der Waals surface area contributed by atoms with Gasteiger partial charge in [-0.15, -0.1) is 4.83 Å². The van der Waals surface area contributed by atoms with Gasteiger partial charge >= 0.3 is 0 Å².